The minimum absolute atomic E-state index is 0.0150. The van der Waals surface area contributed by atoms with E-state index in [1.165, 1.54) is 30.1 Å². The Balaban J connectivity index is 1.65. The molecule has 3 aliphatic rings. The highest BCUT2D eigenvalue weighted by Crippen LogP contribution is 2.54. The smallest absolute Gasteiger partial charge is 0.278 e. The van der Waals surface area contributed by atoms with Gasteiger partial charge in [-0.2, -0.15) is 0 Å². The van der Waals surface area contributed by atoms with Gasteiger partial charge in [-0.15, -0.1) is 0 Å². The molecule has 3 aromatic rings. The Morgan fingerprint density at radius 2 is 1.97 bits per heavy atom. The minimum atomic E-state index is -3.19. The molecule has 13 heteroatoms. The van der Waals surface area contributed by atoms with Crippen LogP contribution < -0.4 is 15.4 Å². The highest BCUT2D eigenvalue weighted by Gasteiger charge is 2.60. The van der Waals surface area contributed by atoms with Crippen LogP contribution in [0.5, 0.6) is 5.75 Å². The first-order valence-corrected chi connectivity index (χ1v) is 12.4. The lowest BCUT2D eigenvalue weighted by Crippen LogP contribution is -2.63. The van der Waals surface area contributed by atoms with E-state index >= 15 is 0 Å². The van der Waals surface area contributed by atoms with Crippen LogP contribution >= 0.6 is 11.6 Å². The zero-order valence-corrected chi connectivity index (χ0v) is 21.3. The second-order valence-electron chi connectivity index (χ2n) is 9.77. The number of aromatic hydroxyl groups is 1. The van der Waals surface area contributed by atoms with Gasteiger partial charge >= 0.3 is 0 Å². The van der Waals surface area contributed by atoms with E-state index in [0.29, 0.717) is 0 Å². The number of benzene rings is 1. The van der Waals surface area contributed by atoms with Gasteiger partial charge in [0.15, 0.2) is 0 Å². The number of carbonyl (C=O) groups excluding carboxylic acids is 2. The van der Waals surface area contributed by atoms with Crippen LogP contribution in [0.3, 0.4) is 0 Å². The fourth-order valence-electron chi connectivity index (χ4n) is 5.48. The summed E-state index contributed by atoms with van der Waals surface area (Å²) in [4.78, 5) is 48.1. The van der Waals surface area contributed by atoms with Crippen LogP contribution in [-0.4, -0.2) is 70.0 Å². The number of fused-ring (bicyclic) bond motifs is 5. The zero-order chi connectivity index (χ0) is 28.0. The van der Waals surface area contributed by atoms with Gasteiger partial charge in [-0.1, -0.05) is 24.2 Å². The van der Waals surface area contributed by atoms with Crippen molar-refractivity contribution in [1.82, 2.24) is 14.5 Å². The van der Waals surface area contributed by atoms with Crippen molar-refractivity contribution in [2.24, 2.45) is 0 Å². The summed E-state index contributed by atoms with van der Waals surface area (Å²) in [6, 6.07) is 2.57. The largest absolute Gasteiger partial charge is 0.507 e. The number of piperazine rings is 1. The van der Waals surface area contributed by atoms with Gasteiger partial charge in [0.05, 0.1) is 28.5 Å². The van der Waals surface area contributed by atoms with Gasteiger partial charge in [0, 0.05) is 31.9 Å². The fourth-order valence-corrected chi connectivity index (χ4v) is 5.73. The molecular weight excluding hydrogens is 539 g/mol. The van der Waals surface area contributed by atoms with Crippen molar-refractivity contribution in [3.8, 4) is 17.0 Å². The number of rotatable bonds is 3. The third-order valence-electron chi connectivity index (χ3n) is 7.52. The van der Waals surface area contributed by atoms with Crippen molar-refractivity contribution in [3.63, 3.8) is 0 Å². The predicted octanol–water partition coefficient (Wildman–Crippen LogP) is 3.32. The van der Waals surface area contributed by atoms with Crippen LogP contribution in [0.2, 0.25) is 5.02 Å². The molecule has 1 unspecified atom stereocenters. The van der Waals surface area contributed by atoms with Gasteiger partial charge in [0.25, 0.3) is 17.4 Å². The molecule has 0 radical (unpaired) electrons. The molecule has 1 N–H and O–H groups in total. The number of likely N-dealkylation sites (N-methyl/N-ethyl adjacent to an activating group) is 1. The highest BCUT2D eigenvalue weighted by molar-refractivity contribution is 6.34. The standard InChI is InChI=1S/C26H21ClF3N5O4/c1-3-18(37)33-7-8-34-15(11-33)24(38)32(2)22-21(34)12-9-13(27)20(19-14(28)5-4-6-16(19)36)31-23(12)35(25(22)39)17-10-26(17,29)30/h3-6,9,15,17,36H,1,7-8,10-11H2,2H3/t15-,17?/m1/s1. The van der Waals surface area contributed by atoms with E-state index < -0.39 is 47.5 Å². The van der Waals surface area contributed by atoms with Gasteiger partial charge in [0.1, 0.15) is 35.0 Å². The predicted molar refractivity (Wildman–Crippen MR) is 138 cm³/mol. The number of phenols is 1. The molecule has 9 nitrogen and oxygen atoms in total. The number of amides is 2. The van der Waals surface area contributed by atoms with Crippen LogP contribution in [0.25, 0.3) is 22.3 Å². The number of halogens is 4. The Hall–Kier alpha value is -4.06. The molecule has 39 heavy (non-hydrogen) atoms. The summed E-state index contributed by atoms with van der Waals surface area (Å²) in [6.45, 7) is 3.87. The second kappa shape index (κ2) is 8.47. The summed E-state index contributed by atoms with van der Waals surface area (Å²) in [6.07, 6.45) is 0.530. The minimum Gasteiger partial charge on any atom is -0.507 e. The summed E-state index contributed by atoms with van der Waals surface area (Å²) in [5.41, 5.74) is -1.48. The van der Waals surface area contributed by atoms with Crippen molar-refractivity contribution < 1.29 is 27.9 Å². The Labute approximate surface area is 224 Å². The quantitative estimate of drug-likeness (QED) is 0.494. The van der Waals surface area contributed by atoms with E-state index in [1.54, 1.807) is 4.90 Å². The van der Waals surface area contributed by atoms with Gasteiger partial charge in [-0.25, -0.2) is 18.2 Å². The van der Waals surface area contributed by atoms with Crippen LogP contribution in [0.1, 0.15) is 12.5 Å². The summed E-state index contributed by atoms with van der Waals surface area (Å²) in [5.74, 6) is -5.35. The summed E-state index contributed by atoms with van der Waals surface area (Å²) >= 11 is 6.55. The first-order chi connectivity index (χ1) is 18.5. The molecule has 1 saturated heterocycles. The Morgan fingerprint density at radius 3 is 2.62 bits per heavy atom. The Kier molecular flexibility index (Phi) is 5.48. The third kappa shape index (κ3) is 3.61. The van der Waals surface area contributed by atoms with Crippen molar-refractivity contribution in [2.75, 3.05) is 36.5 Å². The van der Waals surface area contributed by atoms with Crippen LogP contribution in [0, 0.1) is 5.82 Å². The molecule has 2 aliphatic heterocycles. The van der Waals surface area contributed by atoms with E-state index in [-0.39, 0.29) is 64.2 Å². The third-order valence-corrected chi connectivity index (χ3v) is 7.81. The van der Waals surface area contributed by atoms with Crippen molar-refractivity contribution in [2.45, 2.75) is 24.4 Å². The average Bonchev–Trinajstić information content (AvgIpc) is 3.53. The number of aromatic nitrogens is 2. The van der Waals surface area contributed by atoms with E-state index in [4.69, 9.17) is 11.6 Å². The SMILES string of the molecule is C=CC(=O)N1CCN2c3c(c(=O)n(C4CC4(F)F)c4nc(-c5c(O)cccc5F)c(Cl)cc34)N(C)C(=O)[C@H]2C1. The number of hydrogen-bond acceptors (Lipinski definition) is 6. The molecule has 2 atom stereocenters. The van der Waals surface area contributed by atoms with E-state index in [0.717, 1.165) is 21.6 Å². The summed E-state index contributed by atoms with van der Waals surface area (Å²) in [7, 11) is 1.37. The molecule has 2 amide bonds. The van der Waals surface area contributed by atoms with E-state index in [2.05, 4.69) is 11.6 Å². The molecule has 6 rings (SSSR count). The molecule has 1 saturated carbocycles. The summed E-state index contributed by atoms with van der Waals surface area (Å²) in [5, 5.41) is 10.4. The number of anilines is 2. The van der Waals surface area contributed by atoms with Gasteiger partial charge in [0.2, 0.25) is 5.91 Å². The average molecular weight is 560 g/mol. The maximum absolute atomic E-state index is 14.8. The summed E-state index contributed by atoms with van der Waals surface area (Å²) < 4.78 is 44.4. The van der Waals surface area contributed by atoms with Gasteiger partial charge in [-0.05, 0) is 24.3 Å². The number of nitrogens with zero attached hydrogens (tertiary/aromatic N) is 5. The molecule has 0 bridgehead atoms. The topological polar surface area (TPSA) is 99.0 Å². The number of phenolic OH excluding ortho intramolecular Hbond substituents is 1. The molecule has 202 valence electrons. The maximum atomic E-state index is 14.8. The molecule has 4 heterocycles. The second-order valence-corrected chi connectivity index (χ2v) is 10.2. The number of alkyl halides is 2. The van der Waals surface area contributed by atoms with Crippen molar-refractivity contribution >= 4 is 45.8 Å². The number of carbonyl (C=O) groups is 2. The molecular formula is C26H21ClF3N5O4. The maximum Gasteiger partial charge on any atom is 0.278 e. The van der Waals surface area contributed by atoms with Crippen LogP contribution in [0.4, 0.5) is 24.5 Å². The van der Waals surface area contributed by atoms with E-state index in [9.17, 15) is 32.7 Å². The zero-order valence-electron chi connectivity index (χ0n) is 20.5. The fraction of sp³-hybridized carbons (Fsp3) is 0.308. The highest BCUT2D eigenvalue weighted by atomic mass is 35.5. The van der Waals surface area contributed by atoms with Crippen LogP contribution in [-0.2, 0) is 9.59 Å². The molecule has 2 aromatic heterocycles. The lowest BCUT2D eigenvalue weighted by atomic mass is 10.0. The first-order valence-electron chi connectivity index (χ1n) is 12.1. The number of hydrogen-bond donors (Lipinski definition) is 1. The van der Waals surface area contributed by atoms with Crippen LogP contribution in [0.15, 0.2) is 41.7 Å². The van der Waals surface area contributed by atoms with Crippen molar-refractivity contribution in [1.29, 1.82) is 0 Å². The van der Waals surface area contributed by atoms with Gasteiger partial charge in [-0.3, -0.25) is 19.0 Å². The van der Waals surface area contributed by atoms with Crippen molar-refractivity contribution in [3.05, 3.63) is 58.1 Å². The first kappa shape index (κ1) is 25.2. The molecule has 0 spiro atoms. The lowest BCUT2D eigenvalue weighted by Gasteiger charge is -2.47. The molecule has 1 aliphatic carbocycles. The van der Waals surface area contributed by atoms with E-state index in [1.807, 2.05) is 0 Å². The Bertz CT molecular complexity index is 1660. The lowest BCUT2D eigenvalue weighted by molar-refractivity contribution is -0.128. The Morgan fingerprint density at radius 1 is 1.26 bits per heavy atom. The molecule has 1 aromatic carbocycles. The molecule has 2 fully saturated rings. The normalized spacial score (nSPS) is 21.6. The van der Waals surface area contributed by atoms with Gasteiger partial charge < -0.3 is 19.8 Å². The number of pyridine rings is 2. The monoisotopic (exact) mass is 559 g/mol.